The zero-order valence-electron chi connectivity index (χ0n) is 14.8. The van der Waals surface area contributed by atoms with E-state index in [-0.39, 0.29) is 11.9 Å². The van der Waals surface area contributed by atoms with E-state index in [1.54, 1.807) is 0 Å². The summed E-state index contributed by atoms with van der Waals surface area (Å²) in [5.74, 6) is -1.76. The quantitative estimate of drug-likeness (QED) is 0.823. The zero-order valence-corrected chi connectivity index (χ0v) is 14.8. The summed E-state index contributed by atoms with van der Waals surface area (Å²) in [5, 5.41) is 14.6. The third-order valence-electron chi connectivity index (χ3n) is 5.07. The molecule has 2 N–H and O–H groups in total. The Labute approximate surface area is 154 Å². The van der Waals surface area contributed by atoms with Crippen molar-refractivity contribution in [3.8, 4) is 0 Å². The number of alkyl halides is 3. The first-order valence-electron chi connectivity index (χ1n) is 9.09. The number of carbonyl (C=O) groups excluding carboxylic acids is 1. The number of fused-ring (bicyclic) bond motifs is 1. The fourth-order valence-electron chi connectivity index (χ4n) is 3.26. The number of carboxylic acid groups (broad SMARTS) is 1. The molecule has 1 atom stereocenters. The van der Waals surface area contributed by atoms with Gasteiger partial charge in [-0.2, -0.15) is 18.3 Å². The molecule has 10 heteroatoms. The minimum Gasteiger partial charge on any atom is -0.475 e. The van der Waals surface area contributed by atoms with E-state index in [9.17, 15) is 18.0 Å². The highest BCUT2D eigenvalue weighted by molar-refractivity contribution is 5.81. The first kappa shape index (κ1) is 19.7. The molecule has 4 rings (SSSR count). The summed E-state index contributed by atoms with van der Waals surface area (Å²) < 4.78 is 33.7. The van der Waals surface area contributed by atoms with Gasteiger partial charge < -0.3 is 10.4 Å². The Bertz CT molecular complexity index is 683. The van der Waals surface area contributed by atoms with Gasteiger partial charge in [-0.1, -0.05) is 6.42 Å². The summed E-state index contributed by atoms with van der Waals surface area (Å²) in [6.07, 6.45) is 3.09. The van der Waals surface area contributed by atoms with Crippen molar-refractivity contribution in [3.63, 3.8) is 0 Å². The predicted octanol–water partition coefficient (Wildman–Crippen LogP) is 1.95. The van der Waals surface area contributed by atoms with Gasteiger partial charge in [0.15, 0.2) is 0 Å². The van der Waals surface area contributed by atoms with E-state index < -0.39 is 12.1 Å². The molecule has 7 nitrogen and oxygen atoms in total. The number of nitrogens with zero attached hydrogens (tertiary/aromatic N) is 3. The van der Waals surface area contributed by atoms with Gasteiger partial charge in [-0.05, 0) is 37.7 Å². The van der Waals surface area contributed by atoms with Gasteiger partial charge in [-0.3, -0.25) is 14.4 Å². The van der Waals surface area contributed by atoms with Crippen LogP contribution in [0, 0.1) is 5.92 Å². The smallest absolute Gasteiger partial charge is 0.475 e. The standard InChI is InChI=1S/C15H22N4O.C2HF3O2/c20-15(17-12-4-5-12)14-10-18(8-11-2-1-3-11)9-13-6-7-16-19(13)14;3-2(4,5)1(6)7/h6-7,11-12,14H,1-5,8-10H2,(H,17,20);(H,6,7). The van der Waals surface area contributed by atoms with E-state index in [1.807, 2.05) is 16.9 Å². The molecule has 1 amide bonds. The van der Waals surface area contributed by atoms with Crippen molar-refractivity contribution in [2.75, 3.05) is 13.1 Å². The normalized spacial score (nSPS) is 22.9. The maximum Gasteiger partial charge on any atom is 0.490 e. The summed E-state index contributed by atoms with van der Waals surface area (Å²) in [5.41, 5.74) is 1.17. The van der Waals surface area contributed by atoms with Crippen LogP contribution in [0.25, 0.3) is 0 Å². The SMILES string of the molecule is O=C(NC1CC1)C1CN(CC2CCC2)Cc2ccnn21.O=C(O)C(F)(F)F. The van der Waals surface area contributed by atoms with Crippen LogP contribution < -0.4 is 5.32 Å². The van der Waals surface area contributed by atoms with Crippen molar-refractivity contribution in [1.82, 2.24) is 20.0 Å². The molecule has 0 radical (unpaired) electrons. The van der Waals surface area contributed by atoms with Crippen molar-refractivity contribution in [1.29, 1.82) is 0 Å². The Morgan fingerprint density at radius 2 is 1.93 bits per heavy atom. The number of carbonyl (C=O) groups is 2. The summed E-state index contributed by atoms with van der Waals surface area (Å²) in [7, 11) is 0. The number of hydrogen-bond acceptors (Lipinski definition) is 4. The van der Waals surface area contributed by atoms with Gasteiger partial charge in [0.25, 0.3) is 0 Å². The highest BCUT2D eigenvalue weighted by atomic mass is 19.4. The number of hydrogen-bond donors (Lipinski definition) is 2. The molecular weight excluding hydrogens is 365 g/mol. The third kappa shape index (κ3) is 5.21. The summed E-state index contributed by atoms with van der Waals surface area (Å²) >= 11 is 0. The Morgan fingerprint density at radius 3 is 2.44 bits per heavy atom. The van der Waals surface area contributed by atoms with Gasteiger partial charge in [0.2, 0.25) is 5.91 Å². The van der Waals surface area contributed by atoms with Gasteiger partial charge in [0, 0.05) is 31.9 Å². The second kappa shape index (κ2) is 7.87. The second-order valence-corrected chi connectivity index (χ2v) is 7.36. The van der Waals surface area contributed by atoms with Crippen LogP contribution in [0.2, 0.25) is 0 Å². The zero-order chi connectivity index (χ0) is 19.6. The maximum absolute atomic E-state index is 12.4. The summed E-state index contributed by atoms with van der Waals surface area (Å²) in [6, 6.07) is 2.32. The fourth-order valence-corrected chi connectivity index (χ4v) is 3.26. The van der Waals surface area contributed by atoms with Crippen molar-refractivity contribution < 1.29 is 27.9 Å². The maximum atomic E-state index is 12.4. The third-order valence-corrected chi connectivity index (χ3v) is 5.07. The van der Waals surface area contributed by atoms with E-state index in [2.05, 4.69) is 15.3 Å². The molecule has 1 aromatic heterocycles. The molecule has 1 aromatic rings. The van der Waals surface area contributed by atoms with E-state index in [4.69, 9.17) is 9.90 Å². The molecule has 2 heterocycles. The molecule has 2 fully saturated rings. The molecular formula is C17H23F3N4O3. The lowest BCUT2D eigenvalue weighted by atomic mass is 9.85. The Morgan fingerprint density at radius 1 is 1.26 bits per heavy atom. The van der Waals surface area contributed by atoms with Crippen LogP contribution in [0.1, 0.15) is 43.8 Å². The average Bonchev–Trinajstić information content (AvgIpc) is 3.23. The highest BCUT2D eigenvalue weighted by Crippen LogP contribution is 2.30. The Balaban J connectivity index is 0.000000260. The fraction of sp³-hybridized carbons (Fsp3) is 0.706. The van der Waals surface area contributed by atoms with Crippen molar-refractivity contribution in [2.24, 2.45) is 5.92 Å². The first-order chi connectivity index (χ1) is 12.7. The molecule has 3 aliphatic rings. The Hall–Kier alpha value is -2.10. The van der Waals surface area contributed by atoms with Crippen LogP contribution in [0.15, 0.2) is 12.3 Å². The van der Waals surface area contributed by atoms with Crippen LogP contribution in [0.4, 0.5) is 13.2 Å². The van der Waals surface area contributed by atoms with Gasteiger partial charge >= 0.3 is 12.1 Å². The van der Waals surface area contributed by atoms with Crippen LogP contribution in [-0.4, -0.2) is 57.0 Å². The minimum absolute atomic E-state index is 0.144. The lowest BCUT2D eigenvalue weighted by Gasteiger charge is -2.37. The van der Waals surface area contributed by atoms with Crippen LogP contribution >= 0.6 is 0 Å². The largest absolute Gasteiger partial charge is 0.490 e. The number of halogens is 3. The molecule has 2 aliphatic carbocycles. The van der Waals surface area contributed by atoms with E-state index >= 15 is 0 Å². The van der Waals surface area contributed by atoms with Crippen LogP contribution in [0.3, 0.4) is 0 Å². The summed E-state index contributed by atoms with van der Waals surface area (Å²) in [4.78, 5) is 23.8. The lowest BCUT2D eigenvalue weighted by Crippen LogP contribution is -2.47. The monoisotopic (exact) mass is 388 g/mol. The number of rotatable bonds is 4. The number of amides is 1. The van der Waals surface area contributed by atoms with Crippen molar-refractivity contribution in [2.45, 2.75) is 56.9 Å². The van der Waals surface area contributed by atoms with Gasteiger partial charge in [0.1, 0.15) is 6.04 Å². The first-order valence-corrected chi connectivity index (χ1v) is 9.09. The highest BCUT2D eigenvalue weighted by Gasteiger charge is 2.38. The number of carboxylic acids is 1. The molecule has 1 aliphatic heterocycles. The van der Waals surface area contributed by atoms with E-state index in [0.29, 0.717) is 6.04 Å². The number of aromatic nitrogens is 2. The summed E-state index contributed by atoms with van der Waals surface area (Å²) in [6.45, 7) is 2.88. The Kier molecular flexibility index (Phi) is 5.73. The van der Waals surface area contributed by atoms with Crippen LogP contribution in [-0.2, 0) is 16.1 Å². The number of aliphatic carboxylic acids is 1. The van der Waals surface area contributed by atoms with Gasteiger partial charge in [-0.25, -0.2) is 4.79 Å². The molecule has 27 heavy (non-hydrogen) atoms. The molecule has 150 valence electrons. The van der Waals surface area contributed by atoms with Gasteiger partial charge in [-0.15, -0.1) is 0 Å². The average molecular weight is 388 g/mol. The molecule has 0 spiro atoms. The second-order valence-electron chi connectivity index (χ2n) is 7.36. The van der Waals surface area contributed by atoms with Gasteiger partial charge in [0.05, 0.1) is 5.69 Å². The molecule has 0 saturated heterocycles. The van der Waals surface area contributed by atoms with E-state index in [0.717, 1.165) is 38.4 Å². The predicted molar refractivity (Wildman–Crippen MR) is 88.7 cm³/mol. The van der Waals surface area contributed by atoms with Crippen molar-refractivity contribution in [3.05, 3.63) is 18.0 Å². The molecule has 1 unspecified atom stereocenters. The lowest BCUT2D eigenvalue weighted by molar-refractivity contribution is -0.192. The topological polar surface area (TPSA) is 87.5 Å². The van der Waals surface area contributed by atoms with Crippen molar-refractivity contribution >= 4 is 11.9 Å². The number of nitrogens with one attached hydrogen (secondary N) is 1. The molecule has 2 saturated carbocycles. The minimum atomic E-state index is -5.08. The van der Waals surface area contributed by atoms with Crippen LogP contribution in [0.5, 0.6) is 0 Å². The van der Waals surface area contributed by atoms with E-state index in [1.165, 1.54) is 25.0 Å². The molecule has 0 bridgehead atoms. The molecule has 0 aromatic carbocycles.